The van der Waals surface area contributed by atoms with E-state index in [2.05, 4.69) is 34.0 Å². The van der Waals surface area contributed by atoms with E-state index in [1.807, 2.05) is 12.1 Å². The molecule has 0 spiro atoms. The molecule has 1 amide bonds. The molecule has 1 aliphatic heterocycles. The number of nitrogen functional groups attached to an aromatic ring is 1. The van der Waals surface area contributed by atoms with E-state index >= 15 is 0 Å². The smallest absolute Gasteiger partial charge is 0.251 e. The van der Waals surface area contributed by atoms with Gasteiger partial charge >= 0.3 is 0 Å². The van der Waals surface area contributed by atoms with Gasteiger partial charge in [0.1, 0.15) is 5.82 Å². The molecule has 0 bridgehead atoms. The third kappa shape index (κ3) is 4.36. The number of morpholine rings is 1. The number of nitrogens with zero attached hydrogens (tertiary/aromatic N) is 3. The zero-order chi connectivity index (χ0) is 18.6. The Balaban J connectivity index is 1.60. The topological polar surface area (TPSA) is 93.4 Å². The number of rotatable bonds is 5. The van der Waals surface area contributed by atoms with Gasteiger partial charge in [-0.25, -0.2) is 4.98 Å². The van der Waals surface area contributed by atoms with E-state index in [1.165, 1.54) is 6.20 Å². The predicted octanol–water partition coefficient (Wildman–Crippen LogP) is 1.57. The van der Waals surface area contributed by atoms with Crippen LogP contribution in [0.4, 0.5) is 5.82 Å². The summed E-state index contributed by atoms with van der Waals surface area (Å²) in [7, 11) is 0. The number of aromatic nitrogens is 2. The van der Waals surface area contributed by atoms with Gasteiger partial charge in [-0.1, -0.05) is 12.1 Å². The van der Waals surface area contributed by atoms with Crippen molar-refractivity contribution in [1.29, 1.82) is 0 Å². The highest BCUT2D eigenvalue weighted by atomic mass is 16.5. The van der Waals surface area contributed by atoms with Crippen LogP contribution in [0, 0.1) is 0 Å². The van der Waals surface area contributed by atoms with Crippen molar-refractivity contribution < 1.29 is 9.53 Å². The van der Waals surface area contributed by atoms with Crippen molar-refractivity contribution in [1.82, 2.24) is 20.2 Å². The minimum Gasteiger partial charge on any atom is -0.382 e. The molecule has 138 valence electrons. The number of nitrogens with two attached hydrogens (primary N) is 1. The second-order valence-electron chi connectivity index (χ2n) is 7.00. The van der Waals surface area contributed by atoms with Crippen molar-refractivity contribution >= 4 is 11.7 Å². The number of carbonyl (C=O) groups is 1. The van der Waals surface area contributed by atoms with Gasteiger partial charge in [-0.3, -0.25) is 14.7 Å². The van der Waals surface area contributed by atoms with Gasteiger partial charge in [-0.15, -0.1) is 0 Å². The van der Waals surface area contributed by atoms with Crippen molar-refractivity contribution in [3.05, 3.63) is 42.2 Å². The van der Waals surface area contributed by atoms with Gasteiger partial charge in [-0.05, 0) is 26.0 Å². The first-order valence-electron chi connectivity index (χ1n) is 8.75. The molecule has 0 saturated carbocycles. The number of ether oxygens (including phenoxy) is 1. The third-order valence-electron chi connectivity index (χ3n) is 4.66. The van der Waals surface area contributed by atoms with Gasteiger partial charge in [0, 0.05) is 36.3 Å². The summed E-state index contributed by atoms with van der Waals surface area (Å²) in [6.45, 7) is 8.13. The van der Waals surface area contributed by atoms with E-state index < -0.39 is 0 Å². The number of benzene rings is 1. The Kier molecular flexibility index (Phi) is 5.49. The quantitative estimate of drug-likeness (QED) is 0.846. The Morgan fingerprint density at radius 3 is 2.50 bits per heavy atom. The molecule has 3 N–H and O–H groups in total. The zero-order valence-corrected chi connectivity index (χ0v) is 15.2. The third-order valence-corrected chi connectivity index (χ3v) is 4.66. The maximum atomic E-state index is 12.5. The summed E-state index contributed by atoms with van der Waals surface area (Å²) in [6, 6.07) is 7.32. The first-order valence-corrected chi connectivity index (χ1v) is 8.75. The Morgan fingerprint density at radius 1 is 1.19 bits per heavy atom. The lowest BCUT2D eigenvalue weighted by Gasteiger charge is -2.40. The Labute approximate surface area is 153 Å². The molecule has 0 aliphatic carbocycles. The summed E-state index contributed by atoms with van der Waals surface area (Å²) in [4.78, 5) is 23.1. The summed E-state index contributed by atoms with van der Waals surface area (Å²) in [5, 5.41) is 3.04. The van der Waals surface area contributed by atoms with E-state index in [0.717, 1.165) is 37.6 Å². The fraction of sp³-hybridized carbons (Fsp3) is 0.421. The summed E-state index contributed by atoms with van der Waals surface area (Å²) < 4.78 is 5.40. The highest BCUT2D eigenvalue weighted by Crippen LogP contribution is 2.18. The normalized spacial score (nSPS) is 15.6. The van der Waals surface area contributed by atoms with Gasteiger partial charge in [0.15, 0.2) is 0 Å². The van der Waals surface area contributed by atoms with Crippen molar-refractivity contribution in [2.24, 2.45) is 0 Å². The van der Waals surface area contributed by atoms with E-state index in [9.17, 15) is 4.79 Å². The molecule has 2 heterocycles. The maximum absolute atomic E-state index is 12.5. The van der Waals surface area contributed by atoms with Gasteiger partial charge in [-0.2, -0.15) is 0 Å². The number of hydrogen-bond donors (Lipinski definition) is 2. The van der Waals surface area contributed by atoms with Crippen LogP contribution in [-0.2, 0) is 4.74 Å². The number of nitrogens with one attached hydrogen (secondary N) is 1. The maximum Gasteiger partial charge on any atom is 0.251 e. The molecule has 7 nitrogen and oxygen atoms in total. The van der Waals surface area contributed by atoms with Crippen molar-refractivity contribution in [2.45, 2.75) is 19.4 Å². The molecule has 1 aliphatic rings. The highest BCUT2D eigenvalue weighted by molar-refractivity contribution is 5.94. The molecular weight excluding hydrogens is 330 g/mol. The lowest BCUT2D eigenvalue weighted by molar-refractivity contribution is -0.00923. The minimum atomic E-state index is -0.112. The SMILES string of the molecule is CC(C)(CNC(=O)c1ccc(-c2cnc(N)cn2)cc1)N1CCOCC1. The Bertz CT molecular complexity index is 738. The summed E-state index contributed by atoms with van der Waals surface area (Å²) >= 11 is 0. The Hall–Kier alpha value is -2.51. The molecular formula is C19H25N5O2. The van der Waals surface area contributed by atoms with Crippen LogP contribution in [0.1, 0.15) is 24.2 Å². The average molecular weight is 355 g/mol. The largest absolute Gasteiger partial charge is 0.382 e. The van der Waals surface area contributed by atoms with Crippen LogP contribution < -0.4 is 11.1 Å². The number of anilines is 1. The summed E-state index contributed by atoms with van der Waals surface area (Å²) in [5.74, 6) is 0.300. The van der Waals surface area contributed by atoms with Crippen LogP contribution in [0.3, 0.4) is 0 Å². The first-order chi connectivity index (χ1) is 12.5. The fourth-order valence-electron chi connectivity index (χ4n) is 2.96. The van der Waals surface area contributed by atoms with Crippen LogP contribution in [0.2, 0.25) is 0 Å². The fourth-order valence-corrected chi connectivity index (χ4v) is 2.96. The lowest BCUT2D eigenvalue weighted by atomic mass is 10.0. The number of carbonyl (C=O) groups excluding carboxylic acids is 1. The number of hydrogen-bond acceptors (Lipinski definition) is 6. The highest BCUT2D eigenvalue weighted by Gasteiger charge is 2.28. The molecule has 0 atom stereocenters. The van der Waals surface area contributed by atoms with Gasteiger partial charge in [0.25, 0.3) is 5.91 Å². The van der Waals surface area contributed by atoms with E-state index in [0.29, 0.717) is 17.9 Å². The zero-order valence-electron chi connectivity index (χ0n) is 15.2. The molecule has 7 heteroatoms. The van der Waals surface area contributed by atoms with Crippen LogP contribution >= 0.6 is 0 Å². The van der Waals surface area contributed by atoms with Crippen molar-refractivity contribution in [3.63, 3.8) is 0 Å². The van der Waals surface area contributed by atoms with E-state index in [-0.39, 0.29) is 11.4 Å². The monoisotopic (exact) mass is 355 g/mol. The van der Waals surface area contributed by atoms with Crippen LogP contribution in [0.25, 0.3) is 11.3 Å². The molecule has 26 heavy (non-hydrogen) atoms. The second kappa shape index (κ2) is 7.80. The first kappa shape index (κ1) is 18.3. The average Bonchev–Trinajstić information content (AvgIpc) is 2.68. The van der Waals surface area contributed by atoms with Gasteiger partial charge in [0.05, 0.1) is 31.3 Å². The van der Waals surface area contributed by atoms with E-state index in [4.69, 9.17) is 10.5 Å². The minimum absolute atomic E-state index is 0.0822. The van der Waals surface area contributed by atoms with Crippen LogP contribution in [0.15, 0.2) is 36.7 Å². The van der Waals surface area contributed by atoms with Crippen LogP contribution in [-0.4, -0.2) is 59.2 Å². The second-order valence-corrected chi connectivity index (χ2v) is 7.00. The molecule has 3 rings (SSSR count). The molecule has 1 aromatic heterocycles. The van der Waals surface area contributed by atoms with Crippen molar-refractivity contribution in [3.8, 4) is 11.3 Å². The molecule has 1 fully saturated rings. The van der Waals surface area contributed by atoms with Crippen LogP contribution in [0.5, 0.6) is 0 Å². The van der Waals surface area contributed by atoms with E-state index in [1.54, 1.807) is 18.3 Å². The molecule has 0 radical (unpaired) electrons. The standard InChI is InChI=1S/C19H25N5O2/c1-19(2,24-7-9-26-10-8-24)13-23-18(25)15-5-3-14(4-6-15)16-11-22-17(20)12-21-16/h3-6,11-12H,7-10,13H2,1-2H3,(H2,20,22)(H,23,25). The number of amides is 1. The molecule has 0 unspecified atom stereocenters. The molecule has 1 aromatic carbocycles. The van der Waals surface area contributed by atoms with Gasteiger partial charge in [0.2, 0.25) is 0 Å². The van der Waals surface area contributed by atoms with Gasteiger partial charge < -0.3 is 15.8 Å². The Morgan fingerprint density at radius 2 is 1.88 bits per heavy atom. The summed E-state index contributed by atoms with van der Waals surface area (Å²) in [5.41, 5.74) is 7.68. The predicted molar refractivity (Wildman–Crippen MR) is 101 cm³/mol. The summed E-state index contributed by atoms with van der Waals surface area (Å²) in [6.07, 6.45) is 3.14. The molecule has 2 aromatic rings. The lowest BCUT2D eigenvalue weighted by Crippen LogP contribution is -2.55. The molecule has 1 saturated heterocycles. The van der Waals surface area contributed by atoms with Crippen molar-refractivity contribution in [2.75, 3.05) is 38.6 Å².